The number of nitrogens with one attached hydrogen (secondary N) is 1. The molecule has 1 heterocycles. The number of aromatic amines is 1. The van der Waals surface area contributed by atoms with E-state index in [-0.39, 0.29) is 17.9 Å². The zero-order chi connectivity index (χ0) is 12.4. The Kier molecular flexibility index (Phi) is 3.01. The normalized spacial score (nSPS) is 10.7. The maximum atomic E-state index is 12.1. The molecule has 0 unspecified atom stereocenters. The molecule has 0 amide bonds. The van der Waals surface area contributed by atoms with E-state index in [2.05, 4.69) is 5.10 Å². The summed E-state index contributed by atoms with van der Waals surface area (Å²) in [7, 11) is 0. The van der Waals surface area contributed by atoms with Crippen molar-refractivity contribution in [3.63, 3.8) is 0 Å². The summed E-state index contributed by atoms with van der Waals surface area (Å²) in [6, 6.07) is 6.68. The van der Waals surface area contributed by atoms with Crippen LogP contribution in [0.25, 0.3) is 5.69 Å². The molecular weight excluding hydrogens is 218 g/mol. The van der Waals surface area contributed by atoms with E-state index in [4.69, 9.17) is 5.73 Å². The van der Waals surface area contributed by atoms with Gasteiger partial charge >= 0.3 is 0 Å². The van der Waals surface area contributed by atoms with Crippen molar-refractivity contribution in [2.45, 2.75) is 19.9 Å². The monoisotopic (exact) mass is 233 g/mol. The fourth-order valence-corrected chi connectivity index (χ4v) is 1.84. The highest BCUT2D eigenvalue weighted by Crippen LogP contribution is 2.19. The number of phenolic OH excluding ortho intramolecular Hbond substituents is 1. The van der Waals surface area contributed by atoms with E-state index < -0.39 is 0 Å². The number of aromatic nitrogens is 2. The fraction of sp³-hybridized carbons (Fsp3) is 0.250. The summed E-state index contributed by atoms with van der Waals surface area (Å²) < 4.78 is 1.33. The first kappa shape index (κ1) is 11.5. The van der Waals surface area contributed by atoms with Crippen molar-refractivity contribution in [3.8, 4) is 11.4 Å². The smallest absolute Gasteiger partial charge is 0.276 e. The Hall–Kier alpha value is -2.01. The zero-order valence-electron chi connectivity index (χ0n) is 9.60. The van der Waals surface area contributed by atoms with Crippen LogP contribution in [0.5, 0.6) is 5.75 Å². The molecule has 0 aliphatic rings. The summed E-state index contributed by atoms with van der Waals surface area (Å²) >= 11 is 0. The fourth-order valence-electron chi connectivity index (χ4n) is 1.84. The Balaban J connectivity index is 2.65. The van der Waals surface area contributed by atoms with Gasteiger partial charge < -0.3 is 10.8 Å². The molecule has 17 heavy (non-hydrogen) atoms. The van der Waals surface area contributed by atoms with Gasteiger partial charge in [-0.2, -0.15) is 0 Å². The van der Waals surface area contributed by atoms with E-state index in [0.29, 0.717) is 17.7 Å². The van der Waals surface area contributed by atoms with Crippen molar-refractivity contribution in [3.05, 3.63) is 45.9 Å². The summed E-state index contributed by atoms with van der Waals surface area (Å²) in [6.45, 7) is 2.14. The summed E-state index contributed by atoms with van der Waals surface area (Å²) in [4.78, 5) is 12.1. The van der Waals surface area contributed by atoms with Gasteiger partial charge in [0.15, 0.2) is 0 Å². The second-order valence-electron chi connectivity index (χ2n) is 3.76. The summed E-state index contributed by atoms with van der Waals surface area (Å²) in [5, 5.41) is 12.7. The Morgan fingerprint density at radius 1 is 1.41 bits per heavy atom. The van der Waals surface area contributed by atoms with Gasteiger partial charge in [-0.15, -0.1) is 0 Å². The molecule has 0 spiro atoms. The van der Waals surface area contributed by atoms with E-state index in [1.54, 1.807) is 18.2 Å². The first-order valence-electron chi connectivity index (χ1n) is 5.50. The van der Waals surface area contributed by atoms with E-state index in [9.17, 15) is 9.90 Å². The van der Waals surface area contributed by atoms with Gasteiger partial charge in [-0.3, -0.25) is 9.89 Å². The molecular formula is C12H15N3O2. The number of H-pyrrole nitrogens is 1. The van der Waals surface area contributed by atoms with E-state index >= 15 is 0 Å². The number of para-hydroxylation sites is 2. The number of phenols is 1. The average molecular weight is 233 g/mol. The molecule has 0 bridgehead atoms. The van der Waals surface area contributed by atoms with E-state index in [0.717, 1.165) is 5.69 Å². The molecule has 1 aromatic heterocycles. The van der Waals surface area contributed by atoms with E-state index in [1.165, 1.54) is 10.7 Å². The maximum Gasteiger partial charge on any atom is 0.276 e. The van der Waals surface area contributed by atoms with Crippen LogP contribution in [0.3, 0.4) is 0 Å². The minimum absolute atomic E-state index is 0.0575. The van der Waals surface area contributed by atoms with E-state index in [1.807, 2.05) is 6.92 Å². The number of rotatable bonds is 3. The second kappa shape index (κ2) is 4.47. The number of nitrogens with two attached hydrogens (primary N) is 1. The van der Waals surface area contributed by atoms with Gasteiger partial charge in [-0.1, -0.05) is 19.1 Å². The molecule has 2 rings (SSSR count). The minimum Gasteiger partial charge on any atom is -0.506 e. The number of benzene rings is 1. The Bertz CT molecular complexity index is 584. The molecule has 2 aromatic rings. The van der Waals surface area contributed by atoms with Gasteiger partial charge in [-0.25, -0.2) is 4.68 Å². The average Bonchev–Trinajstić information content (AvgIpc) is 2.66. The third-order valence-corrected chi connectivity index (χ3v) is 2.75. The number of nitrogens with zero attached hydrogens (tertiary/aromatic N) is 1. The Morgan fingerprint density at radius 2 is 2.12 bits per heavy atom. The second-order valence-corrected chi connectivity index (χ2v) is 3.76. The molecule has 0 atom stereocenters. The molecule has 90 valence electrons. The van der Waals surface area contributed by atoms with Gasteiger partial charge in [0.1, 0.15) is 11.4 Å². The number of aryl methyl sites for hydroxylation is 1. The highest BCUT2D eigenvalue weighted by atomic mass is 16.3. The number of hydrogen-bond donors (Lipinski definition) is 3. The predicted octanol–water partition coefficient (Wildman–Crippen LogP) is 0.892. The van der Waals surface area contributed by atoms with Crippen LogP contribution < -0.4 is 11.3 Å². The summed E-state index contributed by atoms with van der Waals surface area (Å²) in [5.41, 5.74) is 7.17. The largest absolute Gasteiger partial charge is 0.506 e. The summed E-state index contributed by atoms with van der Waals surface area (Å²) in [6.07, 6.45) is 0.697. The van der Waals surface area contributed by atoms with Gasteiger partial charge in [-0.05, 0) is 18.6 Å². The molecule has 5 heteroatoms. The lowest BCUT2D eigenvalue weighted by Gasteiger charge is -2.03. The zero-order valence-corrected chi connectivity index (χ0v) is 9.60. The Morgan fingerprint density at radius 3 is 2.65 bits per heavy atom. The molecule has 0 aliphatic carbocycles. The van der Waals surface area contributed by atoms with Gasteiger partial charge in [0, 0.05) is 12.2 Å². The van der Waals surface area contributed by atoms with Gasteiger partial charge in [0.25, 0.3) is 5.56 Å². The van der Waals surface area contributed by atoms with Gasteiger partial charge in [0.05, 0.1) is 5.56 Å². The van der Waals surface area contributed by atoms with Crippen LogP contribution in [0.1, 0.15) is 18.2 Å². The molecule has 0 saturated carbocycles. The van der Waals surface area contributed by atoms with Crippen molar-refractivity contribution in [1.82, 2.24) is 9.78 Å². The number of aromatic hydroxyl groups is 1. The molecule has 4 N–H and O–H groups in total. The third-order valence-electron chi connectivity index (χ3n) is 2.75. The predicted molar refractivity (Wildman–Crippen MR) is 65.3 cm³/mol. The first-order chi connectivity index (χ1) is 8.19. The van der Waals surface area contributed by atoms with Crippen molar-refractivity contribution in [1.29, 1.82) is 0 Å². The summed E-state index contributed by atoms with van der Waals surface area (Å²) in [5.74, 6) is 0.0575. The standard InChI is InChI=1S/C12H15N3O2/c1-2-9-8(7-13)12(17)15(14-9)10-5-3-4-6-11(10)16/h3-6,14,16H,2,7,13H2,1H3. The highest BCUT2D eigenvalue weighted by molar-refractivity contribution is 5.45. The maximum absolute atomic E-state index is 12.1. The molecule has 0 fully saturated rings. The molecule has 5 nitrogen and oxygen atoms in total. The lowest BCUT2D eigenvalue weighted by atomic mass is 10.2. The van der Waals surface area contributed by atoms with Crippen molar-refractivity contribution in [2.24, 2.45) is 5.73 Å². The van der Waals surface area contributed by atoms with Crippen LogP contribution in [0.2, 0.25) is 0 Å². The molecule has 0 radical (unpaired) electrons. The molecule has 1 aromatic carbocycles. The van der Waals surface area contributed by atoms with Crippen LogP contribution in [-0.2, 0) is 13.0 Å². The van der Waals surface area contributed by atoms with Gasteiger partial charge in [0.2, 0.25) is 0 Å². The lowest BCUT2D eigenvalue weighted by Crippen LogP contribution is -2.19. The van der Waals surface area contributed by atoms with Crippen LogP contribution in [-0.4, -0.2) is 14.9 Å². The van der Waals surface area contributed by atoms with Crippen LogP contribution in [0.4, 0.5) is 0 Å². The highest BCUT2D eigenvalue weighted by Gasteiger charge is 2.14. The van der Waals surface area contributed by atoms with Crippen LogP contribution in [0, 0.1) is 0 Å². The van der Waals surface area contributed by atoms with Crippen LogP contribution in [0.15, 0.2) is 29.1 Å². The van der Waals surface area contributed by atoms with Crippen molar-refractivity contribution >= 4 is 0 Å². The Labute approximate surface area is 98.5 Å². The first-order valence-corrected chi connectivity index (χ1v) is 5.50. The lowest BCUT2D eigenvalue weighted by molar-refractivity contribution is 0.469. The quantitative estimate of drug-likeness (QED) is 0.736. The third kappa shape index (κ3) is 1.85. The van der Waals surface area contributed by atoms with Crippen molar-refractivity contribution in [2.75, 3.05) is 0 Å². The van der Waals surface area contributed by atoms with Crippen LogP contribution >= 0.6 is 0 Å². The molecule has 0 saturated heterocycles. The number of hydrogen-bond acceptors (Lipinski definition) is 3. The SMILES string of the molecule is CCc1[nH]n(-c2ccccc2O)c(=O)c1CN. The molecule has 0 aliphatic heterocycles. The minimum atomic E-state index is -0.203. The van der Waals surface area contributed by atoms with Crippen molar-refractivity contribution < 1.29 is 5.11 Å². The topological polar surface area (TPSA) is 84.0 Å².